The van der Waals surface area contributed by atoms with Crippen LogP contribution in [0.15, 0.2) is 35.1 Å². The summed E-state index contributed by atoms with van der Waals surface area (Å²) in [6.07, 6.45) is 5.55. The minimum Gasteiger partial charge on any atom is -0.337 e. The average Bonchev–Trinajstić information content (AvgIpc) is 2.89. The van der Waals surface area contributed by atoms with Crippen molar-refractivity contribution in [2.24, 2.45) is 0 Å². The lowest BCUT2D eigenvalue weighted by Gasteiger charge is -2.13. The molecule has 3 rings (SSSR count). The van der Waals surface area contributed by atoms with Gasteiger partial charge >= 0.3 is 5.69 Å². The number of carbonyl (C=O) groups is 1. The van der Waals surface area contributed by atoms with Crippen molar-refractivity contribution < 1.29 is 4.79 Å². The predicted molar refractivity (Wildman–Crippen MR) is 97.6 cm³/mol. The standard InChI is InChI=1S/C19H19N5O2/c1-5-16(15-8-6-12(2)7-9-15)21-18(25)11-23-19(26)24-14(4)20-13(3)10-17(24)22-23/h1,6-10,16H,11H2,2-4H3,(H,21,25)/t16-/m0/s1. The van der Waals surface area contributed by atoms with Crippen LogP contribution in [0.3, 0.4) is 0 Å². The van der Waals surface area contributed by atoms with Gasteiger partial charge in [-0.15, -0.1) is 11.5 Å². The second kappa shape index (κ2) is 6.84. The summed E-state index contributed by atoms with van der Waals surface area (Å²) in [5.74, 6) is 2.70. The molecule has 0 saturated carbocycles. The molecule has 2 heterocycles. The zero-order valence-electron chi connectivity index (χ0n) is 14.9. The van der Waals surface area contributed by atoms with Crippen molar-refractivity contribution in [2.45, 2.75) is 33.4 Å². The molecule has 0 bridgehead atoms. The summed E-state index contributed by atoms with van der Waals surface area (Å²) < 4.78 is 2.49. The summed E-state index contributed by atoms with van der Waals surface area (Å²) in [6.45, 7) is 5.30. The van der Waals surface area contributed by atoms with E-state index < -0.39 is 11.7 Å². The number of hydrogen-bond donors (Lipinski definition) is 1. The summed E-state index contributed by atoms with van der Waals surface area (Å²) >= 11 is 0. The molecule has 0 aliphatic rings. The molecule has 0 unspecified atom stereocenters. The summed E-state index contributed by atoms with van der Waals surface area (Å²) in [4.78, 5) is 29.1. The third-order valence-electron chi connectivity index (χ3n) is 4.04. The number of hydrogen-bond acceptors (Lipinski definition) is 4. The lowest BCUT2D eigenvalue weighted by atomic mass is 10.1. The fraction of sp³-hybridized carbons (Fsp3) is 0.263. The van der Waals surface area contributed by atoms with Crippen LogP contribution in [-0.2, 0) is 11.3 Å². The molecule has 1 aromatic carbocycles. The van der Waals surface area contributed by atoms with Crippen LogP contribution in [-0.4, -0.2) is 25.1 Å². The summed E-state index contributed by atoms with van der Waals surface area (Å²) in [6, 6.07) is 8.72. The number of benzene rings is 1. The first-order valence-corrected chi connectivity index (χ1v) is 8.15. The largest absolute Gasteiger partial charge is 0.352 e. The maximum atomic E-state index is 12.5. The van der Waals surface area contributed by atoms with Gasteiger partial charge in [-0.3, -0.25) is 4.79 Å². The molecule has 0 fully saturated rings. The molecule has 0 radical (unpaired) electrons. The zero-order valence-corrected chi connectivity index (χ0v) is 14.9. The second-order valence-corrected chi connectivity index (χ2v) is 6.16. The van der Waals surface area contributed by atoms with Gasteiger partial charge in [0, 0.05) is 11.8 Å². The molecule has 26 heavy (non-hydrogen) atoms. The SMILES string of the molecule is C#C[C@H](NC(=O)Cn1nc2cc(C)nc(C)n2c1=O)c1ccc(C)cc1. The molecule has 1 atom stereocenters. The normalized spacial score (nSPS) is 11.9. The number of carbonyl (C=O) groups excluding carboxylic acids is 1. The van der Waals surface area contributed by atoms with E-state index in [2.05, 4.69) is 21.3 Å². The van der Waals surface area contributed by atoms with Crippen LogP contribution >= 0.6 is 0 Å². The molecule has 0 saturated heterocycles. The van der Waals surface area contributed by atoms with Crippen LogP contribution < -0.4 is 11.0 Å². The number of aromatic nitrogens is 4. The first-order chi connectivity index (χ1) is 12.4. The molecular weight excluding hydrogens is 330 g/mol. The molecular formula is C19H19N5O2. The molecule has 0 spiro atoms. The first-order valence-electron chi connectivity index (χ1n) is 8.15. The van der Waals surface area contributed by atoms with Crippen molar-refractivity contribution in [3.63, 3.8) is 0 Å². The highest BCUT2D eigenvalue weighted by atomic mass is 16.2. The Kier molecular flexibility index (Phi) is 4.59. The van der Waals surface area contributed by atoms with E-state index >= 15 is 0 Å². The van der Waals surface area contributed by atoms with Crippen molar-refractivity contribution in [2.75, 3.05) is 0 Å². The highest BCUT2D eigenvalue weighted by molar-refractivity contribution is 5.76. The van der Waals surface area contributed by atoms with E-state index in [9.17, 15) is 9.59 Å². The molecule has 7 heteroatoms. The van der Waals surface area contributed by atoms with E-state index in [4.69, 9.17) is 6.42 Å². The van der Waals surface area contributed by atoms with E-state index in [1.807, 2.05) is 38.1 Å². The van der Waals surface area contributed by atoms with Gasteiger partial charge in [0.2, 0.25) is 5.91 Å². The molecule has 0 aliphatic carbocycles. The van der Waals surface area contributed by atoms with Crippen LogP contribution in [0.25, 0.3) is 5.65 Å². The van der Waals surface area contributed by atoms with Crippen LogP contribution in [0, 0.1) is 33.1 Å². The number of rotatable bonds is 4. The highest BCUT2D eigenvalue weighted by Gasteiger charge is 2.16. The molecule has 7 nitrogen and oxygen atoms in total. The summed E-state index contributed by atoms with van der Waals surface area (Å²) in [7, 11) is 0. The Morgan fingerprint density at radius 1 is 1.27 bits per heavy atom. The minimum absolute atomic E-state index is 0.219. The van der Waals surface area contributed by atoms with Gasteiger partial charge in [0.1, 0.15) is 18.4 Å². The number of amides is 1. The Morgan fingerprint density at radius 3 is 2.62 bits per heavy atom. The first kappa shape index (κ1) is 17.4. The van der Waals surface area contributed by atoms with Crippen molar-refractivity contribution in [1.29, 1.82) is 0 Å². The van der Waals surface area contributed by atoms with Crippen LogP contribution in [0.5, 0.6) is 0 Å². The van der Waals surface area contributed by atoms with Gasteiger partial charge in [-0.2, -0.15) is 0 Å². The smallest absolute Gasteiger partial charge is 0.337 e. The molecule has 3 aromatic rings. The lowest BCUT2D eigenvalue weighted by Crippen LogP contribution is -2.34. The Hall–Kier alpha value is -3.40. The third-order valence-corrected chi connectivity index (χ3v) is 4.04. The number of fused-ring (bicyclic) bond motifs is 1. The Morgan fingerprint density at radius 2 is 1.96 bits per heavy atom. The number of aryl methyl sites for hydroxylation is 3. The van der Waals surface area contributed by atoms with E-state index in [1.54, 1.807) is 13.0 Å². The monoisotopic (exact) mass is 349 g/mol. The number of nitrogens with zero attached hydrogens (tertiary/aromatic N) is 4. The molecule has 132 valence electrons. The van der Waals surface area contributed by atoms with Crippen LogP contribution in [0.1, 0.15) is 28.7 Å². The fourth-order valence-electron chi connectivity index (χ4n) is 2.77. The van der Waals surface area contributed by atoms with Crippen molar-refractivity contribution in [1.82, 2.24) is 24.5 Å². The molecule has 0 aliphatic heterocycles. The zero-order chi connectivity index (χ0) is 18.8. The van der Waals surface area contributed by atoms with E-state index in [0.29, 0.717) is 11.5 Å². The van der Waals surface area contributed by atoms with Crippen molar-refractivity contribution >= 4 is 11.6 Å². The third kappa shape index (κ3) is 3.35. The Bertz CT molecular complexity index is 1070. The predicted octanol–water partition coefficient (Wildman–Crippen LogP) is 1.31. The van der Waals surface area contributed by atoms with Gasteiger partial charge < -0.3 is 5.32 Å². The van der Waals surface area contributed by atoms with Crippen LogP contribution in [0.2, 0.25) is 0 Å². The summed E-state index contributed by atoms with van der Waals surface area (Å²) in [5, 5.41) is 6.95. The van der Waals surface area contributed by atoms with Gasteiger partial charge in [0.15, 0.2) is 5.65 Å². The van der Waals surface area contributed by atoms with Crippen molar-refractivity contribution in [3.05, 3.63) is 63.5 Å². The number of terminal acetylenes is 1. The fourth-order valence-corrected chi connectivity index (χ4v) is 2.77. The molecule has 2 aromatic heterocycles. The van der Waals surface area contributed by atoms with Gasteiger partial charge in [0.25, 0.3) is 0 Å². The highest BCUT2D eigenvalue weighted by Crippen LogP contribution is 2.13. The molecule has 1 amide bonds. The minimum atomic E-state index is -0.568. The van der Waals surface area contributed by atoms with E-state index in [0.717, 1.165) is 21.5 Å². The van der Waals surface area contributed by atoms with Gasteiger partial charge in [0.05, 0.1) is 0 Å². The maximum absolute atomic E-state index is 12.5. The Labute approximate surface area is 150 Å². The second-order valence-electron chi connectivity index (χ2n) is 6.16. The topological polar surface area (TPSA) is 81.3 Å². The van der Waals surface area contributed by atoms with Gasteiger partial charge in [-0.05, 0) is 26.3 Å². The van der Waals surface area contributed by atoms with E-state index in [-0.39, 0.29) is 12.5 Å². The van der Waals surface area contributed by atoms with Crippen molar-refractivity contribution in [3.8, 4) is 12.3 Å². The average molecular weight is 349 g/mol. The van der Waals surface area contributed by atoms with E-state index in [1.165, 1.54) is 4.40 Å². The van der Waals surface area contributed by atoms with Crippen LogP contribution in [0.4, 0.5) is 0 Å². The maximum Gasteiger partial charge on any atom is 0.352 e. The number of nitrogens with one attached hydrogen (secondary N) is 1. The Balaban J connectivity index is 1.82. The lowest BCUT2D eigenvalue weighted by molar-refractivity contribution is -0.122. The van der Waals surface area contributed by atoms with Gasteiger partial charge in [-0.25, -0.2) is 18.9 Å². The van der Waals surface area contributed by atoms with Gasteiger partial charge in [-0.1, -0.05) is 35.7 Å². The quantitative estimate of drug-likeness (QED) is 0.720. The molecule has 1 N–H and O–H groups in total. The summed E-state index contributed by atoms with van der Waals surface area (Å²) in [5.41, 5.74) is 2.71.